The van der Waals surface area contributed by atoms with Gasteiger partial charge in [0.1, 0.15) is 11.5 Å². The number of halogens is 1. The molecule has 19 heavy (non-hydrogen) atoms. The number of thiophene rings is 1. The van der Waals surface area contributed by atoms with Crippen LogP contribution in [0, 0.1) is 0 Å². The van der Waals surface area contributed by atoms with Gasteiger partial charge in [-0.25, -0.2) is 0 Å². The van der Waals surface area contributed by atoms with E-state index in [-0.39, 0.29) is 6.04 Å². The average Bonchev–Trinajstić information content (AvgIpc) is 2.85. The van der Waals surface area contributed by atoms with Crippen LogP contribution in [0.4, 0.5) is 0 Å². The predicted octanol–water partition coefficient (Wildman–Crippen LogP) is 3.84. The summed E-state index contributed by atoms with van der Waals surface area (Å²) in [4.78, 5) is 1.24. The summed E-state index contributed by atoms with van der Waals surface area (Å²) in [5.74, 6) is 1.59. The molecule has 0 bridgehead atoms. The Kier molecular flexibility index (Phi) is 4.85. The van der Waals surface area contributed by atoms with Gasteiger partial charge in [-0.2, -0.15) is 0 Å². The van der Waals surface area contributed by atoms with Crippen LogP contribution < -0.4 is 14.8 Å². The minimum Gasteiger partial charge on any atom is -0.497 e. The third-order valence-corrected chi connectivity index (χ3v) is 4.63. The molecule has 0 saturated heterocycles. The molecule has 2 aromatic rings. The van der Waals surface area contributed by atoms with Crippen LogP contribution in [-0.4, -0.2) is 21.3 Å². The minimum atomic E-state index is 0.125. The number of benzene rings is 1. The second kappa shape index (κ2) is 6.41. The van der Waals surface area contributed by atoms with Gasteiger partial charge in [0.15, 0.2) is 0 Å². The van der Waals surface area contributed by atoms with E-state index in [4.69, 9.17) is 9.47 Å². The molecule has 0 aliphatic heterocycles. The highest BCUT2D eigenvalue weighted by Gasteiger charge is 2.16. The average molecular weight is 342 g/mol. The minimum absolute atomic E-state index is 0.125. The number of rotatable bonds is 5. The lowest BCUT2D eigenvalue weighted by Gasteiger charge is -2.17. The van der Waals surface area contributed by atoms with Gasteiger partial charge in [-0.1, -0.05) is 0 Å². The SMILES string of the molecule is CNC(c1cc(OC)cc(OC)c1)c1cc(Br)cs1. The number of hydrogen-bond donors (Lipinski definition) is 1. The van der Waals surface area contributed by atoms with Crippen LogP contribution >= 0.6 is 27.3 Å². The first-order valence-electron chi connectivity index (χ1n) is 5.82. The largest absolute Gasteiger partial charge is 0.497 e. The fourth-order valence-electron chi connectivity index (χ4n) is 1.95. The van der Waals surface area contributed by atoms with E-state index >= 15 is 0 Å². The summed E-state index contributed by atoms with van der Waals surface area (Å²) in [5, 5.41) is 5.41. The molecule has 1 heterocycles. The Hall–Kier alpha value is -1.04. The molecule has 5 heteroatoms. The quantitative estimate of drug-likeness (QED) is 0.896. The fraction of sp³-hybridized carbons (Fsp3) is 0.286. The van der Waals surface area contributed by atoms with Gasteiger partial charge < -0.3 is 14.8 Å². The maximum atomic E-state index is 5.32. The van der Waals surface area contributed by atoms with Crippen molar-refractivity contribution in [2.45, 2.75) is 6.04 Å². The third kappa shape index (κ3) is 3.29. The first kappa shape index (κ1) is 14.4. The van der Waals surface area contributed by atoms with Crippen molar-refractivity contribution in [1.82, 2.24) is 5.32 Å². The van der Waals surface area contributed by atoms with E-state index in [0.29, 0.717) is 0 Å². The zero-order valence-electron chi connectivity index (χ0n) is 11.1. The van der Waals surface area contributed by atoms with Crippen LogP contribution in [-0.2, 0) is 0 Å². The summed E-state index contributed by atoms with van der Waals surface area (Å²) in [5.41, 5.74) is 1.12. The van der Waals surface area contributed by atoms with Crippen LogP contribution in [0.3, 0.4) is 0 Å². The number of nitrogens with one attached hydrogen (secondary N) is 1. The van der Waals surface area contributed by atoms with Crippen molar-refractivity contribution in [3.05, 3.63) is 44.6 Å². The maximum Gasteiger partial charge on any atom is 0.122 e. The lowest BCUT2D eigenvalue weighted by atomic mass is 10.0. The van der Waals surface area contributed by atoms with E-state index < -0.39 is 0 Å². The summed E-state index contributed by atoms with van der Waals surface area (Å²) >= 11 is 5.20. The standard InChI is InChI=1S/C14H16BrNO2S/c1-16-14(13-6-10(15)8-19-13)9-4-11(17-2)7-12(5-9)18-3/h4-8,14,16H,1-3H3. The lowest BCUT2D eigenvalue weighted by Crippen LogP contribution is -2.16. The Morgan fingerprint density at radius 2 is 1.74 bits per heavy atom. The van der Waals surface area contributed by atoms with Crippen molar-refractivity contribution in [3.63, 3.8) is 0 Å². The highest BCUT2D eigenvalue weighted by Crippen LogP contribution is 2.33. The van der Waals surface area contributed by atoms with Gasteiger partial charge in [0.25, 0.3) is 0 Å². The van der Waals surface area contributed by atoms with Gasteiger partial charge in [-0.05, 0) is 46.7 Å². The van der Waals surface area contributed by atoms with Crippen LogP contribution in [0.15, 0.2) is 34.1 Å². The fourth-order valence-corrected chi connectivity index (χ4v) is 3.53. The molecular formula is C14H16BrNO2S. The summed E-state index contributed by atoms with van der Waals surface area (Å²) in [6.07, 6.45) is 0. The van der Waals surface area contributed by atoms with Gasteiger partial charge in [-0.3, -0.25) is 0 Å². The number of methoxy groups -OCH3 is 2. The zero-order valence-corrected chi connectivity index (χ0v) is 13.5. The van der Waals surface area contributed by atoms with E-state index in [2.05, 4.69) is 32.7 Å². The molecule has 1 aromatic carbocycles. The van der Waals surface area contributed by atoms with Crippen molar-refractivity contribution >= 4 is 27.3 Å². The molecule has 102 valence electrons. The molecule has 1 N–H and O–H groups in total. The van der Waals surface area contributed by atoms with Crippen molar-refractivity contribution < 1.29 is 9.47 Å². The molecule has 0 aliphatic rings. The van der Waals surface area contributed by atoms with Crippen molar-refractivity contribution in [2.75, 3.05) is 21.3 Å². The Morgan fingerprint density at radius 1 is 1.11 bits per heavy atom. The van der Waals surface area contributed by atoms with Crippen molar-refractivity contribution in [2.24, 2.45) is 0 Å². The summed E-state index contributed by atoms with van der Waals surface area (Å²) in [6, 6.07) is 8.17. The molecule has 0 radical (unpaired) electrons. The molecule has 2 rings (SSSR count). The summed E-state index contributed by atoms with van der Waals surface area (Å²) in [6.45, 7) is 0. The monoisotopic (exact) mass is 341 g/mol. The van der Waals surface area contributed by atoms with Gasteiger partial charge in [-0.15, -0.1) is 11.3 Å². The van der Waals surface area contributed by atoms with Crippen molar-refractivity contribution in [1.29, 1.82) is 0 Å². The van der Waals surface area contributed by atoms with Crippen molar-refractivity contribution in [3.8, 4) is 11.5 Å². The second-order valence-electron chi connectivity index (χ2n) is 4.03. The molecule has 0 fully saturated rings. The van der Waals surface area contributed by atoms with Crippen LogP contribution in [0.25, 0.3) is 0 Å². The molecule has 0 spiro atoms. The van der Waals surface area contributed by atoms with E-state index in [0.717, 1.165) is 21.5 Å². The first-order valence-corrected chi connectivity index (χ1v) is 7.49. The van der Waals surface area contributed by atoms with Gasteiger partial charge in [0.05, 0.1) is 20.3 Å². The molecule has 1 unspecified atom stereocenters. The molecule has 1 aromatic heterocycles. The Bertz CT molecular complexity index is 534. The smallest absolute Gasteiger partial charge is 0.122 e. The van der Waals surface area contributed by atoms with Crippen LogP contribution in [0.5, 0.6) is 11.5 Å². The first-order chi connectivity index (χ1) is 9.17. The highest BCUT2D eigenvalue weighted by molar-refractivity contribution is 9.10. The Balaban J connectivity index is 2.42. The number of hydrogen-bond acceptors (Lipinski definition) is 4. The summed E-state index contributed by atoms with van der Waals surface area (Å²) < 4.78 is 11.7. The topological polar surface area (TPSA) is 30.5 Å². The van der Waals surface area contributed by atoms with Gasteiger partial charge in [0, 0.05) is 20.8 Å². The van der Waals surface area contributed by atoms with Crippen LogP contribution in [0.1, 0.15) is 16.5 Å². The van der Waals surface area contributed by atoms with Gasteiger partial charge in [0.2, 0.25) is 0 Å². The molecule has 1 atom stereocenters. The van der Waals surface area contributed by atoms with Gasteiger partial charge >= 0.3 is 0 Å². The molecule has 0 saturated carbocycles. The molecule has 3 nitrogen and oxygen atoms in total. The number of ether oxygens (including phenoxy) is 2. The van der Waals surface area contributed by atoms with E-state index in [1.165, 1.54) is 4.88 Å². The van der Waals surface area contributed by atoms with E-state index in [1.54, 1.807) is 25.6 Å². The molecular weight excluding hydrogens is 326 g/mol. The second-order valence-corrected chi connectivity index (χ2v) is 5.89. The Labute approximate surface area is 125 Å². The normalized spacial score (nSPS) is 12.2. The zero-order chi connectivity index (χ0) is 13.8. The summed E-state index contributed by atoms with van der Waals surface area (Å²) in [7, 11) is 5.27. The highest BCUT2D eigenvalue weighted by atomic mass is 79.9. The third-order valence-electron chi connectivity index (χ3n) is 2.87. The Morgan fingerprint density at radius 3 is 2.16 bits per heavy atom. The maximum absolute atomic E-state index is 5.32. The lowest BCUT2D eigenvalue weighted by molar-refractivity contribution is 0.392. The predicted molar refractivity (Wildman–Crippen MR) is 82.5 cm³/mol. The van der Waals surface area contributed by atoms with E-state index in [9.17, 15) is 0 Å². The molecule has 0 amide bonds. The molecule has 0 aliphatic carbocycles. The van der Waals surface area contributed by atoms with Crippen LogP contribution in [0.2, 0.25) is 0 Å². The van der Waals surface area contributed by atoms with E-state index in [1.807, 2.05) is 25.2 Å².